The molecule has 118 valence electrons. The van der Waals surface area contributed by atoms with Crippen LogP contribution in [0.5, 0.6) is 0 Å². The quantitative estimate of drug-likeness (QED) is 0.933. The molecule has 1 aliphatic heterocycles. The number of hydrogen-bond donors (Lipinski definition) is 1. The minimum atomic E-state index is -0.115. The third kappa shape index (κ3) is 2.73. The Bertz CT molecular complexity index is 516. The Morgan fingerprint density at radius 2 is 2.14 bits per heavy atom. The maximum atomic E-state index is 10.4. The van der Waals surface area contributed by atoms with Crippen molar-refractivity contribution in [2.45, 2.75) is 58.1 Å². The Labute approximate surface area is 132 Å². The zero-order valence-electron chi connectivity index (χ0n) is 13.1. The Balaban J connectivity index is 1.76. The van der Waals surface area contributed by atoms with Crippen LogP contribution < -0.4 is 0 Å². The molecule has 1 N–H and O–H groups in total. The van der Waals surface area contributed by atoms with Crippen molar-refractivity contribution in [3.8, 4) is 0 Å². The van der Waals surface area contributed by atoms with Gasteiger partial charge in [-0.25, -0.2) is 0 Å². The molecule has 1 aliphatic carbocycles. The normalized spacial score (nSPS) is 30.4. The number of aliphatic hydroxyl groups excluding tert-OH is 1. The van der Waals surface area contributed by atoms with E-state index in [-0.39, 0.29) is 11.5 Å². The van der Waals surface area contributed by atoms with Crippen LogP contribution in [-0.2, 0) is 20.0 Å². The minimum Gasteiger partial charge on any atom is -0.393 e. The first-order chi connectivity index (χ1) is 10.1. The van der Waals surface area contributed by atoms with Gasteiger partial charge in [0.1, 0.15) is 5.15 Å². The average Bonchev–Trinajstić information content (AvgIpc) is 2.94. The van der Waals surface area contributed by atoms with Gasteiger partial charge in [0.2, 0.25) is 0 Å². The number of likely N-dealkylation sites (tertiary alicyclic amines) is 1. The highest BCUT2D eigenvalue weighted by molar-refractivity contribution is 6.30. The first-order valence-electron chi connectivity index (χ1n) is 8.16. The molecule has 1 saturated carbocycles. The Kier molecular flexibility index (Phi) is 4.30. The summed E-state index contributed by atoms with van der Waals surface area (Å²) < 4.78 is 1.78. The van der Waals surface area contributed by atoms with E-state index in [0.717, 1.165) is 43.3 Å². The van der Waals surface area contributed by atoms with E-state index in [1.165, 1.54) is 31.2 Å². The lowest BCUT2D eigenvalue weighted by atomic mass is 9.76. The van der Waals surface area contributed by atoms with E-state index in [1.54, 1.807) is 4.68 Å². The van der Waals surface area contributed by atoms with Crippen LogP contribution in [0.3, 0.4) is 0 Å². The first kappa shape index (κ1) is 15.3. The number of nitrogens with zero attached hydrogens (tertiary/aromatic N) is 3. The van der Waals surface area contributed by atoms with Crippen molar-refractivity contribution in [3.05, 3.63) is 16.4 Å². The molecule has 4 nitrogen and oxygen atoms in total. The van der Waals surface area contributed by atoms with E-state index in [9.17, 15) is 5.11 Å². The average molecular weight is 312 g/mol. The largest absolute Gasteiger partial charge is 0.393 e. The smallest absolute Gasteiger partial charge is 0.131 e. The lowest BCUT2D eigenvalue weighted by Crippen LogP contribution is -2.46. The van der Waals surface area contributed by atoms with Crippen LogP contribution >= 0.6 is 11.6 Å². The van der Waals surface area contributed by atoms with Crippen molar-refractivity contribution in [2.75, 3.05) is 13.1 Å². The predicted molar refractivity (Wildman–Crippen MR) is 84.4 cm³/mol. The van der Waals surface area contributed by atoms with Gasteiger partial charge in [-0.05, 0) is 38.6 Å². The molecule has 0 amide bonds. The summed E-state index contributed by atoms with van der Waals surface area (Å²) >= 11 is 6.42. The van der Waals surface area contributed by atoms with E-state index >= 15 is 0 Å². The van der Waals surface area contributed by atoms with Gasteiger partial charge in [0.15, 0.2) is 0 Å². The van der Waals surface area contributed by atoms with Crippen LogP contribution in [0.1, 0.15) is 50.3 Å². The van der Waals surface area contributed by atoms with Gasteiger partial charge < -0.3 is 5.11 Å². The highest BCUT2D eigenvalue weighted by atomic mass is 35.5. The maximum absolute atomic E-state index is 10.4. The molecule has 3 rings (SSSR count). The second kappa shape index (κ2) is 5.90. The van der Waals surface area contributed by atoms with E-state index in [4.69, 9.17) is 11.6 Å². The second-order valence-electron chi connectivity index (χ2n) is 6.78. The molecule has 1 aromatic rings. The molecule has 2 heterocycles. The second-order valence-corrected chi connectivity index (χ2v) is 7.14. The summed E-state index contributed by atoms with van der Waals surface area (Å²) in [6, 6.07) is 0. The summed E-state index contributed by atoms with van der Waals surface area (Å²) in [5.41, 5.74) is 2.42. The van der Waals surface area contributed by atoms with Crippen molar-refractivity contribution in [1.82, 2.24) is 14.7 Å². The number of aliphatic hydroxyl groups is 1. The fraction of sp³-hybridized carbons (Fsp3) is 0.812. The van der Waals surface area contributed by atoms with Gasteiger partial charge >= 0.3 is 0 Å². The molecule has 0 aromatic carbocycles. The molecule has 21 heavy (non-hydrogen) atoms. The lowest BCUT2D eigenvalue weighted by Gasteiger charge is -2.42. The van der Waals surface area contributed by atoms with Gasteiger partial charge in [-0.3, -0.25) is 9.58 Å². The molecule has 2 aliphatic rings. The Hall–Kier alpha value is -0.580. The van der Waals surface area contributed by atoms with Crippen molar-refractivity contribution >= 4 is 11.6 Å². The van der Waals surface area contributed by atoms with Crippen molar-refractivity contribution in [1.29, 1.82) is 0 Å². The van der Waals surface area contributed by atoms with Gasteiger partial charge in [0, 0.05) is 31.1 Å². The predicted octanol–water partition coefficient (Wildman–Crippen LogP) is 2.76. The number of aromatic nitrogens is 2. The first-order valence-corrected chi connectivity index (χ1v) is 8.54. The molecule has 0 bridgehead atoms. The molecule has 1 spiro atoms. The SMILES string of the molecule is CCc1nn(C)c(Cl)c1CN1CCC[C@]2(CCC[C@H]2O)C1. The zero-order valence-corrected chi connectivity index (χ0v) is 13.9. The van der Waals surface area contributed by atoms with Crippen molar-refractivity contribution < 1.29 is 5.11 Å². The lowest BCUT2D eigenvalue weighted by molar-refractivity contribution is -0.0120. The number of halogens is 1. The zero-order chi connectivity index (χ0) is 15.0. The molecule has 0 radical (unpaired) electrons. The number of rotatable bonds is 3. The van der Waals surface area contributed by atoms with Crippen LogP contribution in [0.25, 0.3) is 0 Å². The maximum Gasteiger partial charge on any atom is 0.131 e. The van der Waals surface area contributed by atoms with E-state index in [1.807, 2.05) is 7.05 Å². The third-order valence-electron chi connectivity index (χ3n) is 5.42. The number of aryl methyl sites for hydroxylation is 2. The molecule has 1 aromatic heterocycles. The summed E-state index contributed by atoms with van der Waals surface area (Å²) in [5.74, 6) is 0. The molecule has 2 atom stereocenters. The van der Waals surface area contributed by atoms with Crippen LogP contribution in [0.4, 0.5) is 0 Å². The highest BCUT2D eigenvalue weighted by Crippen LogP contribution is 2.45. The third-order valence-corrected chi connectivity index (χ3v) is 5.89. The summed E-state index contributed by atoms with van der Waals surface area (Å²) in [6.07, 6.45) is 6.46. The topological polar surface area (TPSA) is 41.3 Å². The fourth-order valence-corrected chi connectivity index (χ4v) is 4.46. The summed E-state index contributed by atoms with van der Waals surface area (Å²) in [5, 5.41) is 15.6. The standard InChI is InChI=1S/C16H26ClN3O/c1-3-13-12(15(17)19(2)18-13)10-20-9-5-8-16(11-20)7-4-6-14(16)21/h14,21H,3-11H2,1-2H3/t14-,16-/m1/s1. The Morgan fingerprint density at radius 1 is 1.38 bits per heavy atom. The van der Waals surface area contributed by atoms with E-state index in [2.05, 4.69) is 16.9 Å². The summed E-state index contributed by atoms with van der Waals surface area (Å²) in [7, 11) is 1.91. The summed E-state index contributed by atoms with van der Waals surface area (Å²) in [4.78, 5) is 2.47. The van der Waals surface area contributed by atoms with Gasteiger partial charge in [-0.2, -0.15) is 5.10 Å². The van der Waals surface area contributed by atoms with E-state index < -0.39 is 0 Å². The van der Waals surface area contributed by atoms with Gasteiger partial charge in [-0.15, -0.1) is 0 Å². The summed E-state index contributed by atoms with van der Waals surface area (Å²) in [6.45, 7) is 5.09. The van der Waals surface area contributed by atoms with Crippen LogP contribution in [0.15, 0.2) is 0 Å². The van der Waals surface area contributed by atoms with Crippen molar-refractivity contribution in [2.24, 2.45) is 12.5 Å². The minimum absolute atomic E-state index is 0.115. The molecule has 2 fully saturated rings. The van der Waals surface area contributed by atoms with Gasteiger partial charge in [0.25, 0.3) is 0 Å². The Morgan fingerprint density at radius 3 is 2.81 bits per heavy atom. The molecular formula is C16H26ClN3O. The van der Waals surface area contributed by atoms with Crippen LogP contribution in [0, 0.1) is 5.41 Å². The van der Waals surface area contributed by atoms with Crippen molar-refractivity contribution in [3.63, 3.8) is 0 Å². The van der Waals surface area contributed by atoms with Crippen LogP contribution in [0.2, 0.25) is 5.15 Å². The highest BCUT2D eigenvalue weighted by Gasteiger charge is 2.44. The molecule has 1 saturated heterocycles. The monoisotopic (exact) mass is 311 g/mol. The molecule has 0 unspecified atom stereocenters. The van der Waals surface area contributed by atoms with Crippen LogP contribution in [-0.4, -0.2) is 39.0 Å². The number of piperidine rings is 1. The van der Waals surface area contributed by atoms with E-state index in [0.29, 0.717) is 0 Å². The molecular weight excluding hydrogens is 286 g/mol. The van der Waals surface area contributed by atoms with Gasteiger partial charge in [-0.1, -0.05) is 24.9 Å². The fourth-order valence-electron chi connectivity index (χ4n) is 4.25. The van der Waals surface area contributed by atoms with Gasteiger partial charge in [0.05, 0.1) is 11.8 Å². The number of hydrogen-bond acceptors (Lipinski definition) is 3. The molecule has 5 heteroatoms.